The minimum atomic E-state index is -3.85. The zero-order valence-corrected chi connectivity index (χ0v) is 17.0. The lowest BCUT2D eigenvalue weighted by Crippen LogP contribution is -2.40. The average Bonchev–Trinajstić information content (AvgIpc) is 3.12. The van der Waals surface area contributed by atoms with Crippen molar-refractivity contribution in [3.63, 3.8) is 0 Å². The molecule has 1 amide bonds. The molecular formula is C19H25N3O5S. The van der Waals surface area contributed by atoms with Gasteiger partial charge in [-0.15, -0.1) is 0 Å². The lowest BCUT2D eigenvalue weighted by Gasteiger charge is -2.30. The SMILES string of the molecule is CC(C)(C)NS(=O)(=O)c1ccc(C(=O)Nc2ccccc2N2CCOCC2)o1. The van der Waals surface area contributed by atoms with Crippen molar-refractivity contribution in [1.82, 2.24) is 4.72 Å². The maximum Gasteiger partial charge on any atom is 0.291 e. The van der Waals surface area contributed by atoms with E-state index in [0.29, 0.717) is 18.9 Å². The predicted molar refractivity (Wildman–Crippen MR) is 106 cm³/mol. The second kappa shape index (κ2) is 7.94. The minimum absolute atomic E-state index is 0.0777. The fraction of sp³-hybridized carbons (Fsp3) is 0.421. The molecule has 0 radical (unpaired) electrons. The smallest absolute Gasteiger partial charge is 0.291 e. The van der Waals surface area contributed by atoms with Gasteiger partial charge in [-0.2, -0.15) is 0 Å². The van der Waals surface area contributed by atoms with Gasteiger partial charge < -0.3 is 19.4 Å². The molecule has 0 atom stereocenters. The molecule has 1 fully saturated rings. The molecule has 0 unspecified atom stereocenters. The number of anilines is 2. The summed E-state index contributed by atoms with van der Waals surface area (Å²) in [5.41, 5.74) is 0.849. The Morgan fingerprint density at radius 1 is 1.07 bits per heavy atom. The Labute approximate surface area is 164 Å². The summed E-state index contributed by atoms with van der Waals surface area (Å²) < 4.78 is 37.9. The van der Waals surface area contributed by atoms with Crippen LogP contribution in [0.2, 0.25) is 0 Å². The Hall–Kier alpha value is -2.36. The molecule has 28 heavy (non-hydrogen) atoms. The van der Waals surface area contributed by atoms with Crippen molar-refractivity contribution < 1.29 is 22.4 Å². The molecule has 3 rings (SSSR count). The Balaban J connectivity index is 1.77. The number of benzene rings is 1. The number of carbonyl (C=O) groups is 1. The van der Waals surface area contributed by atoms with Crippen molar-refractivity contribution in [3.05, 3.63) is 42.2 Å². The van der Waals surface area contributed by atoms with Gasteiger partial charge in [-0.05, 0) is 45.0 Å². The highest BCUT2D eigenvalue weighted by Gasteiger charge is 2.26. The summed E-state index contributed by atoms with van der Waals surface area (Å²) in [5.74, 6) is -0.594. The van der Waals surface area contributed by atoms with E-state index in [4.69, 9.17) is 9.15 Å². The van der Waals surface area contributed by atoms with E-state index >= 15 is 0 Å². The van der Waals surface area contributed by atoms with Crippen LogP contribution in [0.5, 0.6) is 0 Å². The molecule has 1 aromatic heterocycles. The van der Waals surface area contributed by atoms with Gasteiger partial charge in [0.05, 0.1) is 24.6 Å². The van der Waals surface area contributed by atoms with E-state index in [1.807, 2.05) is 18.2 Å². The minimum Gasteiger partial charge on any atom is -0.438 e. The van der Waals surface area contributed by atoms with E-state index in [1.54, 1.807) is 26.8 Å². The lowest BCUT2D eigenvalue weighted by atomic mass is 10.1. The first-order valence-electron chi connectivity index (χ1n) is 9.03. The summed E-state index contributed by atoms with van der Waals surface area (Å²) >= 11 is 0. The average molecular weight is 407 g/mol. The molecule has 8 nitrogen and oxygen atoms in total. The summed E-state index contributed by atoms with van der Waals surface area (Å²) in [6.07, 6.45) is 0. The fourth-order valence-electron chi connectivity index (χ4n) is 2.88. The van der Waals surface area contributed by atoms with Crippen LogP contribution in [0.15, 0.2) is 45.9 Å². The van der Waals surface area contributed by atoms with Crippen LogP contribution in [-0.2, 0) is 14.8 Å². The van der Waals surface area contributed by atoms with E-state index in [9.17, 15) is 13.2 Å². The third-order valence-electron chi connectivity index (χ3n) is 4.01. The molecule has 1 aliphatic rings. The molecule has 0 saturated carbocycles. The van der Waals surface area contributed by atoms with Crippen LogP contribution in [0, 0.1) is 0 Å². The number of furan rings is 1. The number of rotatable bonds is 5. The zero-order chi connectivity index (χ0) is 20.4. The Bertz CT molecular complexity index is 940. The summed E-state index contributed by atoms with van der Waals surface area (Å²) in [6, 6.07) is 10.1. The Kier molecular flexibility index (Phi) is 5.78. The van der Waals surface area contributed by atoms with Crippen molar-refractivity contribution in [2.24, 2.45) is 0 Å². The lowest BCUT2D eigenvalue weighted by molar-refractivity contribution is 0.0991. The van der Waals surface area contributed by atoms with Crippen LogP contribution in [-0.4, -0.2) is 46.2 Å². The van der Waals surface area contributed by atoms with Crippen molar-refractivity contribution in [2.75, 3.05) is 36.5 Å². The van der Waals surface area contributed by atoms with Gasteiger partial charge >= 0.3 is 0 Å². The van der Waals surface area contributed by atoms with Gasteiger partial charge in [0.1, 0.15) is 0 Å². The maximum atomic E-state index is 12.6. The number of nitrogens with zero attached hydrogens (tertiary/aromatic N) is 1. The monoisotopic (exact) mass is 407 g/mol. The highest BCUT2D eigenvalue weighted by molar-refractivity contribution is 7.89. The first-order chi connectivity index (χ1) is 13.2. The molecular weight excluding hydrogens is 382 g/mol. The van der Waals surface area contributed by atoms with Crippen LogP contribution < -0.4 is 14.9 Å². The van der Waals surface area contributed by atoms with E-state index in [2.05, 4.69) is 14.9 Å². The number of para-hydroxylation sites is 2. The van der Waals surface area contributed by atoms with E-state index in [1.165, 1.54) is 12.1 Å². The molecule has 1 aliphatic heterocycles. The number of sulfonamides is 1. The number of ether oxygens (including phenoxy) is 1. The molecule has 1 aromatic carbocycles. The second-order valence-electron chi connectivity index (χ2n) is 7.54. The molecule has 2 aromatic rings. The van der Waals surface area contributed by atoms with Gasteiger partial charge in [-0.25, -0.2) is 13.1 Å². The zero-order valence-electron chi connectivity index (χ0n) is 16.2. The van der Waals surface area contributed by atoms with Crippen LogP contribution in [0.3, 0.4) is 0 Å². The summed E-state index contributed by atoms with van der Waals surface area (Å²) in [5, 5.41) is 2.51. The summed E-state index contributed by atoms with van der Waals surface area (Å²) in [7, 11) is -3.85. The Morgan fingerprint density at radius 2 is 1.75 bits per heavy atom. The van der Waals surface area contributed by atoms with Crippen LogP contribution in [0.4, 0.5) is 11.4 Å². The molecule has 0 bridgehead atoms. The quantitative estimate of drug-likeness (QED) is 0.790. The van der Waals surface area contributed by atoms with E-state index in [0.717, 1.165) is 18.8 Å². The van der Waals surface area contributed by atoms with Crippen LogP contribution >= 0.6 is 0 Å². The molecule has 2 heterocycles. The topological polar surface area (TPSA) is 101 Å². The third-order valence-corrected chi connectivity index (χ3v) is 5.64. The molecule has 152 valence electrons. The number of amides is 1. The summed E-state index contributed by atoms with van der Waals surface area (Å²) in [6.45, 7) is 7.89. The maximum absolute atomic E-state index is 12.6. The first kappa shape index (κ1) is 20.4. The predicted octanol–water partition coefficient (Wildman–Crippen LogP) is 2.45. The van der Waals surface area contributed by atoms with Gasteiger partial charge in [0.2, 0.25) is 5.09 Å². The molecule has 2 N–H and O–H groups in total. The van der Waals surface area contributed by atoms with Gasteiger partial charge in [0.15, 0.2) is 5.76 Å². The number of hydrogen-bond donors (Lipinski definition) is 2. The number of nitrogens with one attached hydrogen (secondary N) is 2. The molecule has 0 aliphatic carbocycles. The van der Waals surface area contributed by atoms with Gasteiger partial charge in [-0.1, -0.05) is 12.1 Å². The van der Waals surface area contributed by atoms with Gasteiger partial charge in [0, 0.05) is 18.6 Å². The van der Waals surface area contributed by atoms with Crippen molar-refractivity contribution in [3.8, 4) is 0 Å². The molecule has 1 saturated heterocycles. The van der Waals surface area contributed by atoms with Crippen LogP contribution in [0.25, 0.3) is 0 Å². The second-order valence-corrected chi connectivity index (χ2v) is 9.16. The van der Waals surface area contributed by atoms with Crippen molar-refractivity contribution in [2.45, 2.75) is 31.4 Å². The Morgan fingerprint density at radius 3 is 2.43 bits per heavy atom. The van der Waals surface area contributed by atoms with Gasteiger partial charge in [0.25, 0.3) is 15.9 Å². The number of morpholine rings is 1. The highest BCUT2D eigenvalue weighted by atomic mass is 32.2. The largest absolute Gasteiger partial charge is 0.438 e. The van der Waals surface area contributed by atoms with Crippen LogP contribution in [0.1, 0.15) is 31.3 Å². The fourth-order valence-corrected chi connectivity index (χ4v) is 4.24. The molecule has 9 heteroatoms. The van der Waals surface area contributed by atoms with Gasteiger partial charge in [-0.3, -0.25) is 4.79 Å². The van der Waals surface area contributed by atoms with E-state index < -0.39 is 21.5 Å². The normalized spacial score (nSPS) is 15.5. The number of carbonyl (C=O) groups excluding carboxylic acids is 1. The number of hydrogen-bond acceptors (Lipinski definition) is 6. The van der Waals surface area contributed by atoms with Crippen molar-refractivity contribution in [1.29, 1.82) is 0 Å². The third kappa shape index (κ3) is 4.92. The standard InChI is InChI=1S/C19H25N3O5S/c1-19(2,3)21-28(24,25)17-9-8-16(27-17)18(23)20-14-6-4-5-7-15(14)22-10-12-26-13-11-22/h4-9,21H,10-13H2,1-3H3,(H,20,23). The molecule has 0 spiro atoms. The van der Waals surface area contributed by atoms with E-state index in [-0.39, 0.29) is 10.9 Å². The summed E-state index contributed by atoms with van der Waals surface area (Å²) in [4.78, 5) is 14.7. The van der Waals surface area contributed by atoms with Crippen molar-refractivity contribution >= 4 is 27.3 Å². The first-order valence-corrected chi connectivity index (χ1v) is 10.5. The highest BCUT2D eigenvalue weighted by Crippen LogP contribution is 2.27.